The van der Waals surface area contributed by atoms with E-state index in [4.69, 9.17) is 0 Å². The first-order chi connectivity index (χ1) is 11.4. The van der Waals surface area contributed by atoms with Gasteiger partial charge in [-0.2, -0.15) is 4.31 Å². The van der Waals surface area contributed by atoms with Crippen LogP contribution in [0.3, 0.4) is 0 Å². The van der Waals surface area contributed by atoms with Crippen LogP contribution in [0.2, 0.25) is 0 Å². The van der Waals surface area contributed by atoms with E-state index in [2.05, 4.69) is 0 Å². The van der Waals surface area contributed by atoms with E-state index in [-0.39, 0.29) is 22.2 Å². The molecule has 2 heterocycles. The van der Waals surface area contributed by atoms with Crippen LogP contribution in [0.4, 0.5) is 0 Å². The number of nitrogens with zero attached hydrogens (tertiary/aromatic N) is 1. The molecule has 1 aliphatic heterocycles. The third kappa shape index (κ3) is 3.15. The number of hydrogen-bond donors (Lipinski definition) is 0. The summed E-state index contributed by atoms with van der Waals surface area (Å²) >= 11 is 1.25. The van der Waals surface area contributed by atoms with Gasteiger partial charge >= 0.3 is 0 Å². The normalized spacial score (nSPS) is 19.6. The molecule has 0 radical (unpaired) electrons. The van der Waals surface area contributed by atoms with E-state index < -0.39 is 25.1 Å². The Morgan fingerprint density at radius 2 is 1.79 bits per heavy atom. The monoisotopic (exact) mass is 385 g/mol. The van der Waals surface area contributed by atoms with Gasteiger partial charge in [0.2, 0.25) is 0 Å². The summed E-state index contributed by atoms with van der Waals surface area (Å²) in [5.41, 5.74) is 0. The average Bonchev–Trinajstić information content (AvgIpc) is 3.25. The zero-order chi connectivity index (χ0) is 17.4. The third-order valence-electron chi connectivity index (χ3n) is 4.20. The molecule has 5 nitrogen and oxygen atoms in total. The van der Waals surface area contributed by atoms with E-state index in [1.165, 1.54) is 15.6 Å². The summed E-state index contributed by atoms with van der Waals surface area (Å²) in [6, 6.07) is 11.6. The molecule has 0 N–H and O–H groups in total. The molecule has 130 valence electrons. The first-order valence-corrected chi connectivity index (χ1v) is 11.5. The zero-order valence-corrected chi connectivity index (χ0v) is 15.7. The second-order valence-corrected chi connectivity index (χ2v) is 11.3. The minimum atomic E-state index is -3.62. The maximum Gasteiger partial charge on any atom is 0.252 e. The van der Waals surface area contributed by atoms with Crippen molar-refractivity contribution >= 4 is 31.2 Å². The molecule has 1 fully saturated rings. The molecular weight excluding hydrogens is 366 g/mol. The average molecular weight is 386 g/mol. The number of rotatable bonds is 5. The summed E-state index contributed by atoms with van der Waals surface area (Å²) in [5, 5.41) is -0.694. The van der Waals surface area contributed by atoms with Gasteiger partial charge in [0.1, 0.15) is 4.21 Å². The van der Waals surface area contributed by atoms with Crippen molar-refractivity contribution in [3.8, 4) is 0 Å². The number of thiophene rings is 1. The van der Waals surface area contributed by atoms with Crippen molar-refractivity contribution in [1.29, 1.82) is 0 Å². The van der Waals surface area contributed by atoms with Crippen LogP contribution in [0, 0.1) is 0 Å². The van der Waals surface area contributed by atoms with Crippen molar-refractivity contribution < 1.29 is 16.8 Å². The molecule has 0 bridgehead atoms. The van der Waals surface area contributed by atoms with Crippen LogP contribution in [0.5, 0.6) is 0 Å². The van der Waals surface area contributed by atoms with Crippen molar-refractivity contribution in [2.45, 2.75) is 34.1 Å². The van der Waals surface area contributed by atoms with E-state index in [1.54, 1.807) is 36.4 Å². The lowest BCUT2D eigenvalue weighted by atomic mass is 10.4. The molecule has 1 unspecified atom stereocenters. The Kier molecular flexibility index (Phi) is 4.83. The number of sulfonamides is 1. The molecule has 2 aromatic rings. The molecule has 1 saturated heterocycles. The van der Waals surface area contributed by atoms with Crippen LogP contribution >= 0.6 is 11.3 Å². The second-order valence-electron chi connectivity index (χ2n) is 5.71. The lowest BCUT2D eigenvalue weighted by molar-refractivity contribution is 0.478. The fraction of sp³-hybridized carbons (Fsp3) is 0.375. The van der Waals surface area contributed by atoms with Gasteiger partial charge in [-0.05, 0) is 37.1 Å². The highest BCUT2D eigenvalue weighted by Crippen LogP contribution is 2.31. The first kappa shape index (κ1) is 17.6. The van der Waals surface area contributed by atoms with Gasteiger partial charge < -0.3 is 0 Å². The maximum atomic E-state index is 12.7. The molecule has 1 atom stereocenters. The van der Waals surface area contributed by atoms with Crippen LogP contribution in [-0.2, 0) is 26.3 Å². The minimum absolute atomic E-state index is 0.0128. The molecule has 0 saturated carbocycles. The summed E-state index contributed by atoms with van der Waals surface area (Å²) in [6.45, 7) is 2.22. The highest BCUT2D eigenvalue weighted by Gasteiger charge is 2.39. The molecule has 1 aromatic carbocycles. The number of sulfone groups is 1. The first-order valence-electron chi connectivity index (χ1n) is 7.73. The van der Waals surface area contributed by atoms with Crippen molar-refractivity contribution in [1.82, 2.24) is 4.31 Å². The summed E-state index contributed by atoms with van der Waals surface area (Å²) in [5.74, 6) is 0. The van der Waals surface area contributed by atoms with Gasteiger partial charge in [-0.3, -0.25) is 0 Å². The van der Waals surface area contributed by atoms with Gasteiger partial charge in [0.05, 0.1) is 10.1 Å². The van der Waals surface area contributed by atoms with Crippen LogP contribution < -0.4 is 0 Å². The van der Waals surface area contributed by atoms with Crippen LogP contribution in [-0.4, -0.2) is 39.5 Å². The van der Waals surface area contributed by atoms with E-state index >= 15 is 0 Å². The van der Waals surface area contributed by atoms with Crippen molar-refractivity contribution in [3.63, 3.8) is 0 Å². The summed E-state index contributed by atoms with van der Waals surface area (Å²) in [7, 11) is -7.13. The maximum absolute atomic E-state index is 12.7. The van der Waals surface area contributed by atoms with Crippen molar-refractivity contribution in [2.75, 3.05) is 13.1 Å². The van der Waals surface area contributed by atoms with E-state index in [9.17, 15) is 16.8 Å². The molecule has 0 amide bonds. The fourth-order valence-corrected chi connectivity index (χ4v) is 7.54. The lowest BCUT2D eigenvalue weighted by Gasteiger charge is -2.15. The number of benzene rings is 1. The van der Waals surface area contributed by atoms with Crippen LogP contribution in [0.15, 0.2) is 51.6 Å². The van der Waals surface area contributed by atoms with Crippen LogP contribution in [0.1, 0.15) is 18.2 Å². The predicted molar refractivity (Wildman–Crippen MR) is 94.5 cm³/mol. The zero-order valence-electron chi connectivity index (χ0n) is 13.3. The van der Waals surface area contributed by atoms with Gasteiger partial charge in [0, 0.05) is 18.0 Å². The van der Waals surface area contributed by atoms with Crippen molar-refractivity contribution in [2.24, 2.45) is 0 Å². The number of hydrogen-bond acceptors (Lipinski definition) is 5. The third-order valence-corrected chi connectivity index (χ3v) is 9.95. The molecule has 24 heavy (non-hydrogen) atoms. The molecule has 3 rings (SSSR count). The van der Waals surface area contributed by atoms with Gasteiger partial charge in [-0.1, -0.05) is 25.1 Å². The van der Waals surface area contributed by atoms with Gasteiger partial charge in [0.15, 0.2) is 9.84 Å². The molecule has 0 aliphatic carbocycles. The topological polar surface area (TPSA) is 71.5 Å². The molecule has 1 aromatic heterocycles. The second kappa shape index (κ2) is 6.59. The largest absolute Gasteiger partial charge is 0.252 e. The van der Waals surface area contributed by atoms with E-state index in [0.717, 1.165) is 11.3 Å². The standard InChI is InChI=1S/C16H19NO4S3/c1-2-13-8-9-16(22-13)24(20,21)17-11-10-15(12-17)23(18,19)14-6-4-3-5-7-14/h3-9,15H,2,10-12H2,1H3. The van der Waals surface area contributed by atoms with E-state index in [0.29, 0.717) is 6.42 Å². The summed E-state index contributed by atoms with van der Waals surface area (Å²) in [6.07, 6.45) is 1.10. The smallest absolute Gasteiger partial charge is 0.223 e. The summed E-state index contributed by atoms with van der Waals surface area (Å²) in [4.78, 5) is 1.25. The molecule has 0 spiro atoms. The number of aryl methyl sites for hydroxylation is 1. The van der Waals surface area contributed by atoms with Crippen LogP contribution in [0.25, 0.3) is 0 Å². The highest BCUT2D eigenvalue weighted by molar-refractivity contribution is 7.92. The Balaban J connectivity index is 1.82. The van der Waals surface area contributed by atoms with Crippen molar-refractivity contribution in [3.05, 3.63) is 47.3 Å². The van der Waals surface area contributed by atoms with E-state index in [1.807, 2.05) is 13.0 Å². The Morgan fingerprint density at radius 3 is 2.42 bits per heavy atom. The molecular formula is C16H19NO4S3. The van der Waals surface area contributed by atoms with Gasteiger partial charge in [0.25, 0.3) is 10.0 Å². The minimum Gasteiger partial charge on any atom is -0.223 e. The fourth-order valence-electron chi connectivity index (χ4n) is 2.79. The SMILES string of the molecule is CCc1ccc(S(=O)(=O)N2CCC(S(=O)(=O)c3ccccc3)C2)s1. The Labute approximate surface area is 146 Å². The van der Waals surface area contributed by atoms with Gasteiger partial charge in [-0.15, -0.1) is 11.3 Å². The van der Waals surface area contributed by atoms with Gasteiger partial charge in [-0.25, -0.2) is 16.8 Å². The predicted octanol–water partition coefficient (Wildman–Crippen LogP) is 2.55. The molecule has 8 heteroatoms. The Morgan fingerprint density at radius 1 is 1.08 bits per heavy atom. The Bertz CT molecular complexity index is 917. The lowest BCUT2D eigenvalue weighted by Crippen LogP contribution is -2.31. The Hall–Kier alpha value is -1.22. The summed E-state index contributed by atoms with van der Waals surface area (Å²) < 4.78 is 52.4. The quantitative estimate of drug-likeness (QED) is 0.793. The highest BCUT2D eigenvalue weighted by atomic mass is 32.2. The molecule has 1 aliphatic rings.